The van der Waals surface area contributed by atoms with Crippen molar-refractivity contribution in [1.29, 1.82) is 0 Å². The maximum Gasteiger partial charge on any atom is 0.0761 e. The summed E-state index contributed by atoms with van der Waals surface area (Å²) in [6, 6.07) is 8.80. The van der Waals surface area contributed by atoms with Gasteiger partial charge in [-0.15, -0.1) is 11.3 Å². The number of benzene rings is 1. The molecule has 2 aromatic rings. The van der Waals surface area contributed by atoms with Gasteiger partial charge in [0.1, 0.15) is 0 Å². The first-order valence-corrected chi connectivity index (χ1v) is 9.67. The van der Waals surface area contributed by atoms with Crippen molar-refractivity contribution in [3.8, 4) is 0 Å². The van der Waals surface area contributed by atoms with Crippen molar-refractivity contribution in [2.45, 2.75) is 26.3 Å². The number of hydrogen-bond donors (Lipinski definition) is 1. The lowest BCUT2D eigenvalue weighted by atomic mass is 9.97. The van der Waals surface area contributed by atoms with Crippen LogP contribution in [0.4, 0.5) is 0 Å². The van der Waals surface area contributed by atoms with E-state index < -0.39 is 0 Å². The normalized spacial score (nSPS) is 12.7. The minimum Gasteiger partial charge on any atom is -0.306 e. The molecule has 0 aliphatic heterocycles. The van der Waals surface area contributed by atoms with Crippen LogP contribution in [0.2, 0.25) is 0 Å². The van der Waals surface area contributed by atoms with Gasteiger partial charge >= 0.3 is 0 Å². The molecule has 0 saturated heterocycles. The predicted molar refractivity (Wildman–Crippen MR) is 98.7 cm³/mol. The molecule has 1 aromatic carbocycles. The molecular weight excluding hydrogens is 466 g/mol. The molecule has 0 radical (unpaired) electrons. The molecule has 5 heteroatoms. The molecule has 0 bridgehead atoms. The molecule has 1 heterocycles. The first kappa shape index (κ1) is 16.7. The van der Waals surface area contributed by atoms with Gasteiger partial charge < -0.3 is 5.32 Å². The lowest BCUT2D eigenvalue weighted by molar-refractivity contribution is 0.596. The second kappa shape index (κ2) is 7.54. The highest BCUT2D eigenvalue weighted by Crippen LogP contribution is 2.39. The highest BCUT2D eigenvalue weighted by Gasteiger charge is 2.20. The van der Waals surface area contributed by atoms with E-state index in [0.717, 1.165) is 21.2 Å². The highest BCUT2D eigenvalue weighted by molar-refractivity contribution is 9.12. The SMILES string of the molecule is CCCNC(c1cc(Br)sc1Br)c1cccc(Br)c1C. The van der Waals surface area contributed by atoms with Crippen LogP contribution in [-0.4, -0.2) is 6.54 Å². The highest BCUT2D eigenvalue weighted by atomic mass is 79.9. The zero-order chi connectivity index (χ0) is 14.7. The van der Waals surface area contributed by atoms with Gasteiger partial charge in [-0.1, -0.05) is 35.0 Å². The van der Waals surface area contributed by atoms with Crippen molar-refractivity contribution in [3.63, 3.8) is 0 Å². The Morgan fingerprint density at radius 1 is 1.20 bits per heavy atom. The van der Waals surface area contributed by atoms with E-state index in [-0.39, 0.29) is 6.04 Å². The number of nitrogens with one attached hydrogen (secondary N) is 1. The van der Waals surface area contributed by atoms with E-state index in [4.69, 9.17) is 0 Å². The molecule has 1 aromatic heterocycles. The number of hydrogen-bond acceptors (Lipinski definition) is 2. The average Bonchev–Trinajstić information content (AvgIpc) is 2.74. The van der Waals surface area contributed by atoms with Gasteiger partial charge in [-0.2, -0.15) is 0 Å². The van der Waals surface area contributed by atoms with E-state index >= 15 is 0 Å². The van der Waals surface area contributed by atoms with Gasteiger partial charge in [-0.25, -0.2) is 0 Å². The van der Waals surface area contributed by atoms with Gasteiger partial charge in [0.25, 0.3) is 0 Å². The molecule has 1 N–H and O–H groups in total. The Balaban J connectivity index is 2.47. The predicted octanol–water partition coefficient (Wildman–Crippen LogP) is 6.43. The van der Waals surface area contributed by atoms with Crippen LogP contribution in [0.15, 0.2) is 36.3 Å². The Morgan fingerprint density at radius 3 is 2.55 bits per heavy atom. The van der Waals surface area contributed by atoms with Crippen LogP contribution in [0.5, 0.6) is 0 Å². The molecule has 0 aliphatic rings. The fourth-order valence-electron chi connectivity index (χ4n) is 2.16. The van der Waals surface area contributed by atoms with Gasteiger partial charge in [0.2, 0.25) is 0 Å². The van der Waals surface area contributed by atoms with E-state index in [1.165, 1.54) is 20.5 Å². The van der Waals surface area contributed by atoms with E-state index in [0.29, 0.717) is 0 Å². The van der Waals surface area contributed by atoms with E-state index in [2.05, 4.69) is 91.2 Å². The fourth-order valence-corrected chi connectivity index (χ4v) is 5.45. The maximum absolute atomic E-state index is 3.69. The van der Waals surface area contributed by atoms with Crippen molar-refractivity contribution in [3.05, 3.63) is 53.0 Å². The summed E-state index contributed by atoms with van der Waals surface area (Å²) in [6.45, 7) is 5.35. The van der Waals surface area contributed by atoms with Crippen LogP contribution in [0.3, 0.4) is 0 Å². The first-order chi connectivity index (χ1) is 9.54. The first-order valence-electron chi connectivity index (χ1n) is 6.47. The molecule has 0 fully saturated rings. The Bertz CT molecular complexity index is 595. The number of halogens is 3. The largest absolute Gasteiger partial charge is 0.306 e. The molecule has 0 saturated carbocycles. The summed E-state index contributed by atoms with van der Waals surface area (Å²) in [7, 11) is 0. The quantitative estimate of drug-likeness (QED) is 0.518. The third kappa shape index (κ3) is 3.74. The zero-order valence-corrected chi connectivity index (χ0v) is 16.9. The molecule has 0 aliphatic carbocycles. The molecule has 108 valence electrons. The van der Waals surface area contributed by atoms with Crippen LogP contribution in [0.25, 0.3) is 0 Å². The molecule has 1 nitrogen and oxygen atoms in total. The topological polar surface area (TPSA) is 12.0 Å². The Kier molecular flexibility index (Phi) is 6.29. The lowest BCUT2D eigenvalue weighted by Gasteiger charge is -2.21. The van der Waals surface area contributed by atoms with Crippen LogP contribution < -0.4 is 5.32 Å². The summed E-state index contributed by atoms with van der Waals surface area (Å²) in [5.74, 6) is 0. The zero-order valence-electron chi connectivity index (χ0n) is 11.3. The summed E-state index contributed by atoms with van der Waals surface area (Å²) >= 11 is 12.6. The second-order valence-electron chi connectivity index (χ2n) is 4.62. The third-order valence-electron chi connectivity index (χ3n) is 3.21. The summed E-state index contributed by atoms with van der Waals surface area (Å²) in [5, 5.41) is 3.66. The van der Waals surface area contributed by atoms with Crippen molar-refractivity contribution in [2.24, 2.45) is 0 Å². The molecule has 20 heavy (non-hydrogen) atoms. The maximum atomic E-state index is 3.69. The van der Waals surface area contributed by atoms with Gasteiger partial charge in [-0.3, -0.25) is 0 Å². The Morgan fingerprint density at radius 2 is 1.95 bits per heavy atom. The second-order valence-corrected chi connectivity index (χ2v) is 9.22. The molecule has 1 atom stereocenters. The van der Waals surface area contributed by atoms with Crippen LogP contribution >= 0.6 is 59.1 Å². The Labute approximate surface area is 149 Å². The van der Waals surface area contributed by atoms with Crippen molar-refractivity contribution in [1.82, 2.24) is 5.32 Å². The van der Waals surface area contributed by atoms with Crippen molar-refractivity contribution < 1.29 is 0 Å². The van der Waals surface area contributed by atoms with E-state index in [1.807, 2.05) is 0 Å². The minimum absolute atomic E-state index is 0.212. The van der Waals surface area contributed by atoms with Gasteiger partial charge in [-0.05, 0) is 80.6 Å². The summed E-state index contributed by atoms with van der Waals surface area (Å²) in [5.41, 5.74) is 3.89. The summed E-state index contributed by atoms with van der Waals surface area (Å²) in [4.78, 5) is 0. The summed E-state index contributed by atoms with van der Waals surface area (Å²) in [6.07, 6.45) is 1.12. The fraction of sp³-hybridized carbons (Fsp3) is 0.333. The smallest absolute Gasteiger partial charge is 0.0761 e. The Hall–Kier alpha value is 0.320. The molecule has 0 amide bonds. The molecule has 1 unspecified atom stereocenters. The number of rotatable bonds is 5. The number of thiophene rings is 1. The van der Waals surface area contributed by atoms with Crippen LogP contribution in [0.1, 0.15) is 36.1 Å². The van der Waals surface area contributed by atoms with Crippen LogP contribution in [-0.2, 0) is 0 Å². The van der Waals surface area contributed by atoms with Crippen molar-refractivity contribution >= 4 is 59.1 Å². The molecular formula is C15H16Br3NS. The lowest BCUT2D eigenvalue weighted by Crippen LogP contribution is -2.23. The molecule has 0 spiro atoms. The third-order valence-corrected chi connectivity index (χ3v) is 6.46. The van der Waals surface area contributed by atoms with E-state index in [1.54, 1.807) is 11.3 Å². The van der Waals surface area contributed by atoms with Crippen LogP contribution in [0, 0.1) is 6.92 Å². The van der Waals surface area contributed by atoms with Gasteiger partial charge in [0.15, 0.2) is 0 Å². The van der Waals surface area contributed by atoms with Gasteiger partial charge in [0, 0.05) is 4.47 Å². The monoisotopic (exact) mass is 479 g/mol. The molecule has 2 rings (SSSR count). The minimum atomic E-state index is 0.212. The van der Waals surface area contributed by atoms with E-state index in [9.17, 15) is 0 Å². The average molecular weight is 482 g/mol. The standard InChI is InChI=1S/C15H16Br3NS/c1-3-7-19-14(11-8-13(17)20-15(11)18)10-5-4-6-12(16)9(10)2/h4-6,8,14,19H,3,7H2,1-2H3. The van der Waals surface area contributed by atoms with Gasteiger partial charge in [0.05, 0.1) is 13.6 Å². The summed E-state index contributed by atoms with van der Waals surface area (Å²) < 4.78 is 3.48. The van der Waals surface area contributed by atoms with Crippen molar-refractivity contribution in [2.75, 3.05) is 6.54 Å².